The second kappa shape index (κ2) is 6.63. The fraction of sp³-hybridized carbons (Fsp3) is 0.750. The Bertz CT molecular complexity index is 196. The summed E-state index contributed by atoms with van der Waals surface area (Å²) in [5, 5.41) is 0. The van der Waals surface area contributed by atoms with Crippen molar-refractivity contribution in [2.75, 3.05) is 0 Å². The molecule has 0 saturated carbocycles. The maximum absolute atomic E-state index is 10.1. The van der Waals surface area contributed by atoms with Crippen molar-refractivity contribution in [1.82, 2.24) is 0 Å². The first-order chi connectivity index (χ1) is 6.86. The van der Waals surface area contributed by atoms with Gasteiger partial charge < -0.3 is 4.74 Å². The second-order valence-corrected chi connectivity index (χ2v) is 3.95. The summed E-state index contributed by atoms with van der Waals surface area (Å²) in [4.78, 5) is 10.1. The highest BCUT2D eigenvalue weighted by Gasteiger charge is 2.14. The molecule has 0 aromatic carbocycles. The monoisotopic (exact) mass is 196 g/mol. The molecule has 1 rings (SSSR count). The molecule has 0 radical (unpaired) electrons. The summed E-state index contributed by atoms with van der Waals surface area (Å²) < 4.78 is 4.93. The van der Waals surface area contributed by atoms with Crippen molar-refractivity contribution in [3.05, 3.63) is 11.6 Å². The number of allylic oxidation sites excluding steroid dienone is 1. The molecule has 0 aromatic rings. The highest BCUT2D eigenvalue weighted by Crippen LogP contribution is 2.24. The van der Waals surface area contributed by atoms with E-state index in [0.717, 1.165) is 19.3 Å². The molecule has 1 aliphatic carbocycles. The van der Waals surface area contributed by atoms with Crippen molar-refractivity contribution in [3.63, 3.8) is 0 Å². The predicted octanol–water partition coefficient (Wildman–Crippen LogP) is 3.22. The van der Waals surface area contributed by atoms with Gasteiger partial charge in [0, 0.05) is 6.42 Å². The summed E-state index contributed by atoms with van der Waals surface area (Å²) in [6.07, 6.45) is 10.6. The molecule has 0 amide bonds. The first kappa shape index (κ1) is 11.3. The SMILES string of the molecule is CCCCCC1=CCC(OC=O)CC1. The Balaban J connectivity index is 2.19. The van der Waals surface area contributed by atoms with Gasteiger partial charge >= 0.3 is 0 Å². The van der Waals surface area contributed by atoms with Crippen LogP contribution in [0.5, 0.6) is 0 Å². The normalized spacial score (nSPS) is 21.5. The second-order valence-electron chi connectivity index (χ2n) is 3.95. The third-order valence-electron chi connectivity index (χ3n) is 2.81. The highest BCUT2D eigenvalue weighted by molar-refractivity contribution is 5.37. The average Bonchev–Trinajstić information content (AvgIpc) is 2.21. The van der Waals surface area contributed by atoms with Crippen molar-refractivity contribution < 1.29 is 9.53 Å². The van der Waals surface area contributed by atoms with E-state index in [1.54, 1.807) is 5.57 Å². The zero-order chi connectivity index (χ0) is 10.2. The zero-order valence-electron chi connectivity index (χ0n) is 9.00. The lowest BCUT2D eigenvalue weighted by molar-refractivity contribution is -0.133. The van der Waals surface area contributed by atoms with Gasteiger partial charge in [-0.1, -0.05) is 31.4 Å². The van der Waals surface area contributed by atoms with Crippen molar-refractivity contribution >= 4 is 6.47 Å². The molecule has 1 unspecified atom stereocenters. The number of rotatable bonds is 6. The van der Waals surface area contributed by atoms with Crippen LogP contribution >= 0.6 is 0 Å². The lowest BCUT2D eigenvalue weighted by Gasteiger charge is -2.20. The van der Waals surface area contributed by atoms with Crippen LogP contribution in [0.25, 0.3) is 0 Å². The fourth-order valence-corrected chi connectivity index (χ4v) is 1.90. The largest absolute Gasteiger partial charge is 0.464 e. The van der Waals surface area contributed by atoms with E-state index < -0.39 is 0 Å². The van der Waals surface area contributed by atoms with Gasteiger partial charge in [0.1, 0.15) is 6.10 Å². The molecule has 2 nitrogen and oxygen atoms in total. The summed E-state index contributed by atoms with van der Waals surface area (Å²) in [5.41, 5.74) is 1.56. The summed E-state index contributed by atoms with van der Waals surface area (Å²) in [6, 6.07) is 0. The van der Waals surface area contributed by atoms with Crippen molar-refractivity contribution in [2.24, 2.45) is 0 Å². The molecule has 14 heavy (non-hydrogen) atoms. The fourth-order valence-electron chi connectivity index (χ4n) is 1.90. The third-order valence-corrected chi connectivity index (χ3v) is 2.81. The first-order valence-corrected chi connectivity index (χ1v) is 5.63. The maximum atomic E-state index is 10.1. The number of unbranched alkanes of at least 4 members (excludes halogenated alkanes) is 2. The molecule has 0 saturated heterocycles. The molecule has 0 N–H and O–H groups in total. The number of hydrogen-bond donors (Lipinski definition) is 0. The third kappa shape index (κ3) is 3.95. The summed E-state index contributed by atoms with van der Waals surface area (Å²) >= 11 is 0. The molecule has 0 bridgehead atoms. The molecular formula is C12H20O2. The number of hydrogen-bond acceptors (Lipinski definition) is 2. The Kier molecular flexibility index (Phi) is 5.35. The number of carbonyl (C=O) groups is 1. The molecule has 0 aromatic heterocycles. The van der Waals surface area contributed by atoms with Crippen LogP contribution in [0.4, 0.5) is 0 Å². The van der Waals surface area contributed by atoms with E-state index in [2.05, 4.69) is 13.0 Å². The van der Waals surface area contributed by atoms with Crippen LogP contribution in [0, 0.1) is 0 Å². The maximum Gasteiger partial charge on any atom is 0.293 e. The van der Waals surface area contributed by atoms with Gasteiger partial charge in [0.15, 0.2) is 0 Å². The number of ether oxygens (including phenoxy) is 1. The lowest BCUT2D eigenvalue weighted by Crippen LogP contribution is -2.14. The Morgan fingerprint density at radius 3 is 3.00 bits per heavy atom. The molecular weight excluding hydrogens is 176 g/mol. The van der Waals surface area contributed by atoms with E-state index in [-0.39, 0.29) is 6.10 Å². The minimum Gasteiger partial charge on any atom is -0.464 e. The van der Waals surface area contributed by atoms with Gasteiger partial charge in [-0.2, -0.15) is 0 Å². The van der Waals surface area contributed by atoms with Gasteiger partial charge in [-0.05, 0) is 25.7 Å². The van der Waals surface area contributed by atoms with Crippen LogP contribution in [0.3, 0.4) is 0 Å². The minimum atomic E-state index is 0.141. The average molecular weight is 196 g/mol. The molecule has 1 aliphatic rings. The van der Waals surface area contributed by atoms with Gasteiger partial charge in [-0.3, -0.25) is 4.79 Å². The summed E-state index contributed by atoms with van der Waals surface area (Å²) in [7, 11) is 0. The molecule has 0 fully saturated rings. The van der Waals surface area contributed by atoms with Gasteiger partial charge in [0.25, 0.3) is 6.47 Å². The van der Waals surface area contributed by atoms with E-state index in [9.17, 15) is 4.79 Å². The topological polar surface area (TPSA) is 26.3 Å². The lowest BCUT2D eigenvalue weighted by atomic mass is 9.93. The van der Waals surface area contributed by atoms with E-state index in [0.29, 0.717) is 6.47 Å². The van der Waals surface area contributed by atoms with Crippen LogP contribution in [0.15, 0.2) is 11.6 Å². The molecule has 1 atom stereocenters. The minimum absolute atomic E-state index is 0.141. The zero-order valence-corrected chi connectivity index (χ0v) is 9.00. The van der Waals surface area contributed by atoms with E-state index in [1.165, 1.54) is 25.7 Å². The number of carbonyl (C=O) groups excluding carboxylic acids is 1. The highest BCUT2D eigenvalue weighted by atomic mass is 16.5. The van der Waals surface area contributed by atoms with Crippen LogP contribution in [0.1, 0.15) is 51.9 Å². The quantitative estimate of drug-likeness (QED) is 0.370. The van der Waals surface area contributed by atoms with Crippen LogP contribution in [-0.4, -0.2) is 12.6 Å². The van der Waals surface area contributed by atoms with E-state index in [4.69, 9.17) is 4.74 Å². The van der Waals surface area contributed by atoms with Crippen LogP contribution < -0.4 is 0 Å². The Morgan fingerprint density at radius 1 is 1.57 bits per heavy atom. The summed E-state index contributed by atoms with van der Waals surface area (Å²) in [6.45, 7) is 2.80. The van der Waals surface area contributed by atoms with Gasteiger partial charge in [-0.15, -0.1) is 0 Å². The standard InChI is InChI=1S/C12H20O2/c1-2-3-4-5-11-6-8-12(9-7-11)14-10-13/h6,10,12H,2-5,7-9H2,1H3. The van der Waals surface area contributed by atoms with Crippen molar-refractivity contribution in [1.29, 1.82) is 0 Å². The molecule has 0 heterocycles. The van der Waals surface area contributed by atoms with Gasteiger partial charge in [0.2, 0.25) is 0 Å². The van der Waals surface area contributed by atoms with Crippen LogP contribution in [-0.2, 0) is 9.53 Å². The predicted molar refractivity (Wildman–Crippen MR) is 57.0 cm³/mol. The van der Waals surface area contributed by atoms with E-state index >= 15 is 0 Å². The van der Waals surface area contributed by atoms with E-state index in [1.807, 2.05) is 0 Å². The molecule has 2 heteroatoms. The van der Waals surface area contributed by atoms with Crippen molar-refractivity contribution in [3.8, 4) is 0 Å². The summed E-state index contributed by atoms with van der Waals surface area (Å²) in [5.74, 6) is 0. The molecule has 0 spiro atoms. The molecule has 0 aliphatic heterocycles. The smallest absolute Gasteiger partial charge is 0.293 e. The molecule has 80 valence electrons. The Labute approximate surface area is 86.3 Å². The Morgan fingerprint density at radius 2 is 2.43 bits per heavy atom. The first-order valence-electron chi connectivity index (χ1n) is 5.63. The van der Waals surface area contributed by atoms with Gasteiger partial charge in [0.05, 0.1) is 0 Å². The van der Waals surface area contributed by atoms with Crippen LogP contribution in [0.2, 0.25) is 0 Å². The Hall–Kier alpha value is -0.790. The van der Waals surface area contributed by atoms with Gasteiger partial charge in [-0.25, -0.2) is 0 Å². The van der Waals surface area contributed by atoms with Crippen molar-refractivity contribution in [2.45, 2.75) is 58.0 Å².